The molecule has 0 unspecified atom stereocenters. The van der Waals surface area contributed by atoms with E-state index in [0.717, 1.165) is 22.2 Å². The third-order valence-corrected chi connectivity index (χ3v) is 11.5. The quantitative estimate of drug-likeness (QED) is 0.0521. The molecule has 18 nitrogen and oxygen atoms in total. The molecule has 61 heavy (non-hydrogen) atoms. The van der Waals surface area contributed by atoms with Crippen LogP contribution in [0.4, 0.5) is 48.8 Å². The molecule has 0 aliphatic carbocycles. The number of aromatic nitrogens is 2. The number of nitrogens with zero attached hydrogens (tertiary/aromatic N) is 8. The van der Waals surface area contributed by atoms with Crippen LogP contribution >= 0.6 is 23.2 Å². The van der Waals surface area contributed by atoms with Crippen LogP contribution in [0.2, 0.25) is 35.7 Å². The summed E-state index contributed by atoms with van der Waals surface area (Å²) in [4.78, 5) is 68.9. The Morgan fingerprint density at radius 3 is 1.97 bits per heavy atom. The first-order valence-corrected chi connectivity index (χ1v) is 23.9. The summed E-state index contributed by atoms with van der Waals surface area (Å²) in [5.41, 5.74) is -1.72. The Labute approximate surface area is 367 Å². The van der Waals surface area contributed by atoms with Crippen molar-refractivity contribution in [1.82, 2.24) is 14.9 Å². The van der Waals surface area contributed by atoms with E-state index >= 15 is 0 Å². The van der Waals surface area contributed by atoms with Crippen molar-refractivity contribution < 1.29 is 43.0 Å². The maximum atomic E-state index is 14.6. The van der Waals surface area contributed by atoms with Gasteiger partial charge in [0.2, 0.25) is 0 Å². The van der Waals surface area contributed by atoms with Crippen LogP contribution in [-0.4, -0.2) is 118 Å². The van der Waals surface area contributed by atoms with Gasteiger partial charge in [-0.15, -0.1) is 0 Å². The lowest BCUT2D eigenvalue weighted by Gasteiger charge is -2.36. The number of nitro benzene ring substituents is 1. The SMILES string of the molecule is COc1cc(OC)c(Cl)c(N(COCC[Si](C)(C)C)C(=O)N(C)c2cc(N(C(=O)OC(C)(C)C)c3ccc(N4CCN(C(=O)OC(C)(C)C)CC4)cc3[N+](=O)[O-])ncn2)c1Cl. The van der Waals surface area contributed by atoms with Crippen LogP contribution in [0, 0.1) is 10.1 Å². The Morgan fingerprint density at radius 1 is 0.869 bits per heavy atom. The molecule has 1 fully saturated rings. The summed E-state index contributed by atoms with van der Waals surface area (Å²) in [6.07, 6.45) is -0.309. The minimum absolute atomic E-state index is 0.0140. The second kappa shape index (κ2) is 19.7. The van der Waals surface area contributed by atoms with E-state index < -0.39 is 48.1 Å². The van der Waals surface area contributed by atoms with E-state index in [1.807, 2.05) is 4.90 Å². The third kappa shape index (κ3) is 12.7. The maximum Gasteiger partial charge on any atom is 0.420 e. The normalized spacial score (nSPS) is 13.3. The summed E-state index contributed by atoms with van der Waals surface area (Å²) in [6.45, 7) is 18.4. The number of carbonyl (C=O) groups is 3. The van der Waals surface area contributed by atoms with Crippen molar-refractivity contribution >= 4 is 83.9 Å². The molecular formula is C40H56Cl2N8O10Si. The average molecular weight is 908 g/mol. The second-order valence-electron chi connectivity index (χ2n) is 17.3. The molecule has 0 saturated carbocycles. The number of nitro groups is 1. The van der Waals surface area contributed by atoms with Crippen LogP contribution in [0.3, 0.4) is 0 Å². The summed E-state index contributed by atoms with van der Waals surface area (Å²) < 4.78 is 28.2. The molecule has 1 saturated heterocycles. The maximum absolute atomic E-state index is 14.6. The molecule has 4 rings (SSSR count). The van der Waals surface area contributed by atoms with Crippen LogP contribution in [0.5, 0.6) is 11.5 Å². The number of benzene rings is 2. The number of anilines is 5. The number of hydrogen-bond donors (Lipinski definition) is 0. The van der Waals surface area contributed by atoms with Crippen molar-refractivity contribution in [3.8, 4) is 11.5 Å². The topological polar surface area (TPSA) is 182 Å². The fourth-order valence-electron chi connectivity index (χ4n) is 5.92. The van der Waals surface area contributed by atoms with Gasteiger partial charge >= 0.3 is 18.2 Å². The molecule has 0 bridgehead atoms. The van der Waals surface area contributed by atoms with Gasteiger partial charge in [-0.2, -0.15) is 0 Å². The molecule has 0 atom stereocenters. The van der Waals surface area contributed by atoms with Crippen molar-refractivity contribution in [2.24, 2.45) is 0 Å². The van der Waals surface area contributed by atoms with Crippen molar-refractivity contribution in [2.75, 3.05) is 80.4 Å². The molecule has 1 aliphatic heterocycles. The number of halogens is 2. The zero-order valence-electron chi connectivity index (χ0n) is 36.8. The lowest BCUT2D eigenvalue weighted by atomic mass is 10.1. The largest absolute Gasteiger partial charge is 0.495 e. The predicted molar refractivity (Wildman–Crippen MR) is 238 cm³/mol. The Balaban J connectivity index is 1.75. The number of methoxy groups -OCH3 is 2. The molecule has 1 aromatic heterocycles. The highest BCUT2D eigenvalue weighted by Gasteiger charge is 2.35. The van der Waals surface area contributed by atoms with Crippen LogP contribution in [0.1, 0.15) is 41.5 Å². The van der Waals surface area contributed by atoms with E-state index in [-0.39, 0.29) is 51.3 Å². The Hall–Kier alpha value is -5.11. The molecule has 0 N–H and O–H groups in total. The highest BCUT2D eigenvalue weighted by atomic mass is 35.5. The molecular weight excluding hydrogens is 851 g/mol. The van der Waals surface area contributed by atoms with Crippen LogP contribution < -0.4 is 29.1 Å². The van der Waals surface area contributed by atoms with Crippen LogP contribution in [0.25, 0.3) is 0 Å². The first-order chi connectivity index (χ1) is 28.4. The molecule has 4 amide bonds. The van der Waals surface area contributed by atoms with Crippen molar-refractivity contribution in [3.63, 3.8) is 0 Å². The second-order valence-corrected chi connectivity index (χ2v) is 23.7. The molecule has 0 spiro atoms. The van der Waals surface area contributed by atoms with E-state index in [9.17, 15) is 24.5 Å². The zero-order valence-corrected chi connectivity index (χ0v) is 39.3. The molecule has 0 radical (unpaired) electrons. The number of amides is 4. The van der Waals surface area contributed by atoms with Crippen LogP contribution in [-0.2, 0) is 14.2 Å². The van der Waals surface area contributed by atoms with Gasteiger partial charge in [0.1, 0.15) is 63.1 Å². The number of piperazine rings is 1. The summed E-state index contributed by atoms with van der Waals surface area (Å²) in [5.74, 6) is 0.222. The zero-order chi connectivity index (χ0) is 45.6. The van der Waals surface area contributed by atoms with Gasteiger partial charge in [-0.3, -0.25) is 19.9 Å². The first-order valence-electron chi connectivity index (χ1n) is 19.4. The molecule has 2 aromatic carbocycles. The van der Waals surface area contributed by atoms with Gasteiger partial charge < -0.3 is 33.5 Å². The van der Waals surface area contributed by atoms with Crippen LogP contribution in [0.15, 0.2) is 36.7 Å². The number of rotatable bonds is 13. The minimum atomic E-state index is -1.52. The Kier molecular flexibility index (Phi) is 15.7. The van der Waals surface area contributed by atoms with E-state index in [4.69, 9.17) is 46.9 Å². The minimum Gasteiger partial charge on any atom is -0.495 e. The molecule has 3 aromatic rings. The number of ether oxygens (including phenoxy) is 5. The average Bonchev–Trinajstić information content (AvgIpc) is 3.17. The summed E-state index contributed by atoms with van der Waals surface area (Å²) in [5, 5.41) is 12.8. The predicted octanol–water partition coefficient (Wildman–Crippen LogP) is 9.21. The number of carbonyl (C=O) groups excluding carboxylic acids is 3. The van der Waals surface area contributed by atoms with E-state index in [1.165, 1.54) is 50.4 Å². The standard InChI is InChI=1S/C40H56Cl2N8O10Si/c1-39(2,3)59-37(52)47-17-15-46(16-18-47)26-13-14-27(28(21-26)50(54)55)49(38(53)60-40(4,5)6)32-23-31(43-24-44-32)45(7)36(51)48(25-58-19-20-61(10,11)12)35-33(41)29(56-8)22-30(57-9)34(35)42/h13-14,21-24H,15-20,25H2,1-12H3. The lowest BCUT2D eigenvalue weighted by molar-refractivity contribution is -0.384. The molecule has 1 aliphatic rings. The van der Waals surface area contributed by atoms with Crippen molar-refractivity contribution in [1.29, 1.82) is 0 Å². The fourth-order valence-corrected chi connectivity index (χ4v) is 7.38. The van der Waals surface area contributed by atoms with E-state index in [2.05, 4.69) is 29.6 Å². The van der Waals surface area contributed by atoms with Gasteiger partial charge in [0.15, 0.2) is 0 Å². The summed E-state index contributed by atoms with van der Waals surface area (Å²) in [7, 11) is 2.73. The highest BCUT2D eigenvalue weighted by molar-refractivity contribution is 6.76. The molecule has 334 valence electrons. The van der Waals surface area contributed by atoms with Gasteiger partial charge in [-0.05, 0) is 59.7 Å². The van der Waals surface area contributed by atoms with E-state index in [0.29, 0.717) is 38.5 Å². The van der Waals surface area contributed by atoms with E-state index in [1.54, 1.807) is 52.5 Å². The summed E-state index contributed by atoms with van der Waals surface area (Å²) in [6, 6.07) is 7.32. The monoisotopic (exact) mass is 906 g/mol. The van der Waals surface area contributed by atoms with Gasteiger partial charge in [0.05, 0.1) is 24.8 Å². The Bertz CT molecular complexity index is 2060. The van der Waals surface area contributed by atoms with Crippen molar-refractivity contribution in [3.05, 3.63) is 56.8 Å². The summed E-state index contributed by atoms with van der Waals surface area (Å²) >= 11 is 13.6. The van der Waals surface area contributed by atoms with Gasteiger partial charge in [0, 0.05) is 71.8 Å². The van der Waals surface area contributed by atoms with Crippen molar-refractivity contribution in [2.45, 2.75) is 78.4 Å². The lowest BCUT2D eigenvalue weighted by Crippen LogP contribution is -2.50. The van der Waals surface area contributed by atoms with Gasteiger partial charge in [0.25, 0.3) is 5.69 Å². The van der Waals surface area contributed by atoms with Gasteiger partial charge in [-0.25, -0.2) is 29.3 Å². The highest BCUT2D eigenvalue weighted by Crippen LogP contribution is 2.47. The molecule has 2 heterocycles. The molecule has 21 heteroatoms. The smallest absolute Gasteiger partial charge is 0.420 e. The number of hydrogen-bond acceptors (Lipinski definition) is 13. The van der Waals surface area contributed by atoms with Gasteiger partial charge in [-0.1, -0.05) is 42.8 Å². The first kappa shape index (κ1) is 48.6. The Morgan fingerprint density at radius 2 is 1.44 bits per heavy atom. The fraction of sp³-hybridized carbons (Fsp3) is 0.525. The third-order valence-electron chi connectivity index (χ3n) is 9.04. The number of urea groups is 1.